The number of rotatable bonds is 8. The van der Waals surface area contributed by atoms with Crippen LogP contribution in [0.25, 0.3) is 10.2 Å². The average Bonchev–Trinajstić information content (AvgIpc) is 3.03. The number of aromatic nitrogens is 1. The molecule has 26 heavy (non-hydrogen) atoms. The largest absolute Gasteiger partial charge is 0.497 e. The number of benzene rings is 2. The zero-order valence-electron chi connectivity index (χ0n) is 14.3. The van der Waals surface area contributed by atoms with E-state index in [1.165, 1.54) is 30.2 Å². The smallest absolute Gasteiger partial charge is 0.233 e. The molecule has 0 amide bonds. The topological polar surface area (TPSA) is 77.5 Å². The van der Waals surface area contributed by atoms with Gasteiger partial charge in [-0.05, 0) is 30.3 Å². The van der Waals surface area contributed by atoms with E-state index in [0.29, 0.717) is 17.2 Å². The van der Waals surface area contributed by atoms with Crippen LogP contribution in [-0.4, -0.2) is 39.1 Å². The molecule has 0 unspecified atom stereocenters. The quantitative estimate of drug-likeness (QED) is 0.569. The summed E-state index contributed by atoms with van der Waals surface area (Å²) in [7, 11) is -0.345. The lowest BCUT2D eigenvalue weighted by atomic mass is 10.3. The van der Waals surface area contributed by atoms with Crippen LogP contribution in [0.3, 0.4) is 0 Å². The molecule has 0 aliphatic heterocycles. The number of ether oxygens (including phenoxy) is 2. The number of para-hydroxylation sites is 2. The Morgan fingerprint density at radius 3 is 2.73 bits per heavy atom. The second-order valence-electron chi connectivity index (χ2n) is 5.28. The van der Waals surface area contributed by atoms with Crippen LogP contribution in [0.5, 0.6) is 11.5 Å². The third-order valence-electron chi connectivity index (χ3n) is 3.53. The zero-order valence-corrected chi connectivity index (χ0v) is 16.7. The van der Waals surface area contributed by atoms with Gasteiger partial charge >= 0.3 is 0 Å². The van der Waals surface area contributed by atoms with E-state index < -0.39 is 10.0 Å². The Labute approximate surface area is 160 Å². The third-order valence-corrected chi connectivity index (χ3v) is 7.22. The molecule has 0 aliphatic rings. The first-order valence-electron chi connectivity index (χ1n) is 7.71. The highest BCUT2D eigenvalue weighted by molar-refractivity contribution is 8.02. The fourth-order valence-corrected chi connectivity index (χ4v) is 5.89. The van der Waals surface area contributed by atoms with Crippen LogP contribution in [0.15, 0.2) is 46.8 Å². The van der Waals surface area contributed by atoms with E-state index in [1.54, 1.807) is 31.4 Å². The van der Waals surface area contributed by atoms with Crippen molar-refractivity contribution in [3.63, 3.8) is 0 Å². The molecule has 3 aromatic rings. The molecular formula is C17H18N2O4S3. The highest BCUT2D eigenvalue weighted by Gasteiger charge is 2.14. The predicted octanol–water partition coefficient (Wildman–Crippen LogP) is 3.85. The van der Waals surface area contributed by atoms with E-state index in [2.05, 4.69) is 9.71 Å². The van der Waals surface area contributed by atoms with Crippen molar-refractivity contribution in [3.8, 4) is 11.5 Å². The van der Waals surface area contributed by atoms with Gasteiger partial charge in [0.1, 0.15) is 11.5 Å². The summed E-state index contributed by atoms with van der Waals surface area (Å²) in [4.78, 5) is 4.51. The average molecular weight is 411 g/mol. The number of hydrogen-bond donors (Lipinski definition) is 1. The Kier molecular flexibility index (Phi) is 5.90. The van der Waals surface area contributed by atoms with E-state index >= 15 is 0 Å². The molecule has 0 atom stereocenters. The second-order valence-corrected chi connectivity index (χ2v) is 9.50. The molecule has 9 heteroatoms. The lowest BCUT2D eigenvalue weighted by Gasteiger charge is -2.11. The summed E-state index contributed by atoms with van der Waals surface area (Å²) in [5.41, 5.74) is 1.32. The van der Waals surface area contributed by atoms with Gasteiger partial charge in [-0.1, -0.05) is 23.9 Å². The molecule has 0 radical (unpaired) electrons. The Balaban J connectivity index is 1.61. The Bertz CT molecular complexity index is 1000. The molecule has 0 fully saturated rings. The van der Waals surface area contributed by atoms with Crippen molar-refractivity contribution >= 4 is 49.0 Å². The molecule has 0 spiro atoms. The number of sulfonamides is 1. The molecule has 0 aliphatic carbocycles. The molecule has 3 rings (SSSR count). The van der Waals surface area contributed by atoms with Gasteiger partial charge in [-0.25, -0.2) is 13.4 Å². The van der Waals surface area contributed by atoms with Crippen molar-refractivity contribution in [2.75, 3.05) is 30.4 Å². The lowest BCUT2D eigenvalue weighted by Crippen LogP contribution is -2.18. The van der Waals surface area contributed by atoms with Gasteiger partial charge in [0.2, 0.25) is 10.0 Å². The summed E-state index contributed by atoms with van der Waals surface area (Å²) in [6, 6.07) is 12.6. The van der Waals surface area contributed by atoms with Crippen molar-refractivity contribution < 1.29 is 17.9 Å². The van der Waals surface area contributed by atoms with Crippen LogP contribution in [0.2, 0.25) is 0 Å². The van der Waals surface area contributed by atoms with Gasteiger partial charge in [0, 0.05) is 5.75 Å². The van der Waals surface area contributed by atoms with E-state index in [9.17, 15) is 8.42 Å². The van der Waals surface area contributed by atoms with Crippen LogP contribution in [0.1, 0.15) is 0 Å². The van der Waals surface area contributed by atoms with E-state index in [4.69, 9.17) is 9.47 Å². The van der Waals surface area contributed by atoms with E-state index in [-0.39, 0.29) is 5.75 Å². The van der Waals surface area contributed by atoms with Gasteiger partial charge in [-0.15, -0.1) is 11.3 Å². The molecule has 1 heterocycles. The summed E-state index contributed by atoms with van der Waals surface area (Å²) >= 11 is 2.95. The maximum absolute atomic E-state index is 12.3. The maximum Gasteiger partial charge on any atom is 0.233 e. The second kappa shape index (κ2) is 8.15. The number of nitrogens with zero attached hydrogens (tertiary/aromatic N) is 1. The van der Waals surface area contributed by atoms with Gasteiger partial charge in [0.25, 0.3) is 0 Å². The summed E-state index contributed by atoms with van der Waals surface area (Å²) in [5.74, 6) is 1.65. The molecule has 0 saturated carbocycles. The minimum Gasteiger partial charge on any atom is -0.497 e. The van der Waals surface area contributed by atoms with Crippen molar-refractivity contribution in [3.05, 3.63) is 42.5 Å². The summed E-state index contributed by atoms with van der Waals surface area (Å²) < 4.78 is 39.4. The zero-order chi connectivity index (χ0) is 18.6. The molecule has 2 aromatic carbocycles. The normalized spacial score (nSPS) is 11.5. The predicted molar refractivity (Wildman–Crippen MR) is 107 cm³/mol. The van der Waals surface area contributed by atoms with Crippen LogP contribution in [0.4, 0.5) is 5.69 Å². The third kappa shape index (κ3) is 4.60. The van der Waals surface area contributed by atoms with E-state index in [1.807, 2.05) is 18.2 Å². The summed E-state index contributed by atoms with van der Waals surface area (Å²) in [6.07, 6.45) is 0. The van der Waals surface area contributed by atoms with Gasteiger partial charge in [0.05, 0.1) is 35.9 Å². The Hall–Kier alpha value is -1.97. The van der Waals surface area contributed by atoms with Crippen LogP contribution < -0.4 is 14.2 Å². The maximum atomic E-state index is 12.3. The minimum atomic E-state index is -3.47. The van der Waals surface area contributed by atoms with Gasteiger partial charge in [-0.2, -0.15) is 0 Å². The summed E-state index contributed by atoms with van der Waals surface area (Å²) in [5, 5.41) is 0. The Morgan fingerprint density at radius 1 is 1.15 bits per heavy atom. The van der Waals surface area contributed by atoms with Crippen molar-refractivity contribution in [1.29, 1.82) is 0 Å². The number of hydrogen-bond acceptors (Lipinski definition) is 7. The number of thioether (sulfide) groups is 1. The Morgan fingerprint density at radius 2 is 1.96 bits per heavy atom. The molecule has 0 saturated heterocycles. The van der Waals surface area contributed by atoms with Crippen LogP contribution in [0, 0.1) is 0 Å². The van der Waals surface area contributed by atoms with Gasteiger partial charge < -0.3 is 9.47 Å². The molecule has 1 N–H and O–H groups in total. The minimum absolute atomic E-state index is 0.0189. The molecule has 6 nitrogen and oxygen atoms in total. The molecular weight excluding hydrogens is 392 g/mol. The highest BCUT2D eigenvalue weighted by atomic mass is 32.2. The van der Waals surface area contributed by atoms with Gasteiger partial charge in [0.15, 0.2) is 4.34 Å². The van der Waals surface area contributed by atoms with Crippen molar-refractivity contribution in [2.45, 2.75) is 4.34 Å². The van der Waals surface area contributed by atoms with Crippen molar-refractivity contribution in [1.82, 2.24) is 4.98 Å². The lowest BCUT2D eigenvalue weighted by molar-refractivity contribution is 0.415. The molecule has 0 bridgehead atoms. The van der Waals surface area contributed by atoms with Crippen LogP contribution in [-0.2, 0) is 10.0 Å². The first-order chi connectivity index (χ1) is 12.5. The first-order valence-corrected chi connectivity index (χ1v) is 11.2. The SMILES string of the molecule is COc1ccc2nc(SCCS(=O)(=O)Nc3ccccc3OC)sc2c1. The number of thiazole rings is 1. The highest BCUT2D eigenvalue weighted by Crippen LogP contribution is 2.32. The first kappa shape index (κ1) is 18.8. The van der Waals surface area contributed by atoms with Gasteiger partial charge in [-0.3, -0.25) is 4.72 Å². The van der Waals surface area contributed by atoms with E-state index in [0.717, 1.165) is 20.3 Å². The van der Waals surface area contributed by atoms with Crippen LogP contribution >= 0.6 is 23.1 Å². The standard InChI is InChI=1S/C17H18N2O4S3/c1-22-12-7-8-14-16(11-12)25-17(18-14)24-9-10-26(20,21)19-13-5-3-4-6-15(13)23-2/h3-8,11,19H,9-10H2,1-2H3. The molecule has 1 aromatic heterocycles. The fourth-order valence-electron chi connectivity index (χ4n) is 2.26. The monoisotopic (exact) mass is 410 g/mol. The number of fused-ring (bicyclic) bond motifs is 1. The number of nitrogens with one attached hydrogen (secondary N) is 1. The number of methoxy groups -OCH3 is 2. The number of anilines is 1. The molecule has 138 valence electrons. The fraction of sp³-hybridized carbons (Fsp3) is 0.235. The van der Waals surface area contributed by atoms with Crippen molar-refractivity contribution in [2.24, 2.45) is 0 Å². The summed E-state index contributed by atoms with van der Waals surface area (Å²) in [6.45, 7) is 0.